The maximum atomic E-state index is 14.6. The molecular weight excluding hydrogens is 443 g/mol. The van der Waals surface area contributed by atoms with Crippen LogP contribution >= 0.6 is 11.6 Å². The molecule has 4 heterocycles. The highest BCUT2D eigenvalue weighted by atomic mass is 35.5. The van der Waals surface area contributed by atoms with E-state index in [-0.39, 0.29) is 5.82 Å². The van der Waals surface area contributed by atoms with Gasteiger partial charge < -0.3 is 19.7 Å². The molecular formula is C25H26ClFN4O2. The molecule has 0 saturated carbocycles. The number of aromatic nitrogens is 2. The van der Waals surface area contributed by atoms with E-state index in [1.165, 1.54) is 12.1 Å². The van der Waals surface area contributed by atoms with Crippen molar-refractivity contribution in [3.05, 3.63) is 53.6 Å². The lowest BCUT2D eigenvalue weighted by Gasteiger charge is -2.28. The zero-order valence-electron chi connectivity index (χ0n) is 18.5. The number of halogens is 2. The summed E-state index contributed by atoms with van der Waals surface area (Å²) < 4.78 is 26.6. The van der Waals surface area contributed by atoms with E-state index < -0.39 is 0 Å². The van der Waals surface area contributed by atoms with E-state index in [1.54, 1.807) is 18.5 Å². The van der Waals surface area contributed by atoms with Crippen molar-refractivity contribution in [2.75, 3.05) is 45.2 Å². The van der Waals surface area contributed by atoms with Gasteiger partial charge >= 0.3 is 0 Å². The van der Waals surface area contributed by atoms with Crippen molar-refractivity contribution < 1.29 is 13.9 Å². The van der Waals surface area contributed by atoms with Crippen molar-refractivity contribution in [3.8, 4) is 33.9 Å². The minimum atomic E-state index is -0.386. The molecule has 2 aliphatic heterocycles. The Morgan fingerprint density at radius 1 is 1.18 bits per heavy atom. The number of nitrogens with zero attached hydrogens (tertiary/aromatic N) is 3. The Morgan fingerprint density at radius 2 is 2.03 bits per heavy atom. The molecule has 2 aromatic heterocycles. The second kappa shape index (κ2) is 9.53. The first-order valence-electron chi connectivity index (χ1n) is 11.2. The molecule has 1 aromatic carbocycles. The summed E-state index contributed by atoms with van der Waals surface area (Å²) in [4.78, 5) is 11.3. The minimum Gasteiger partial charge on any atom is -0.492 e. The van der Waals surface area contributed by atoms with Crippen molar-refractivity contribution in [2.24, 2.45) is 5.92 Å². The lowest BCUT2D eigenvalue weighted by Crippen LogP contribution is -2.32. The monoisotopic (exact) mass is 468 g/mol. The molecule has 0 atom stereocenters. The molecule has 8 heteroatoms. The quantitative estimate of drug-likeness (QED) is 0.560. The van der Waals surface area contributed by atoms with E-state index in [9.17, 15) is 4.39 Å². The molecule has 33 heavy (non-hydrogen) atoms. The van der Waals surface area contributed by atoms with E-state index in [0.717, 1.165) is 37.1 Å². The van der Waals surface area contributed by atoms with Gasteiger partial charge in [-0.05, 0) is 69.2 Å². The van der Waals surface area contributed by atoms with E-state index >= 15 is 0 Å². The van der Waals surface area contributed by atoms with Crippen molar-refractivity contribution in [3.63, 3.8) is 0 Å². The largest absolute Gasteiger partial charge is 0.492 e. The molecule has 0 aliphatic carbocycles. The normalized spacial score (nSPS) is 16.6. The number of ether oxygens (including phenoxy) is 2. The van der Waals surface area contributed by atoms with Gasteiger partial charge in [-0.15, -0.1) is 0 Å². The number of pyridine rings is 2. The van der Waals surface area contributed by atoms with Gasteiger partial charge in [-0.25, -0.2) is 9.37 Å². The molecule has 0 bridgehead atoms. The SMILES string of the molecule is CN1CCC(COc2cncc(-c3cc(-c4cc(Cl)ccc4F)nc4c3OCCN4)c2)CC1. The molecule has 1 N–H and O–H groups in total. The lowest BCUT2D eigenvalue weighted by atomic mass is 9.98. The number of rotatable bonds is 5. The Hall–Kier alpha value is -2.90. The van der Waals surface area contributed by atoms with E-state index in [2.05, 4.69) is 27.2 Å². The maximum absolute atomic E-state index is 14.6. The summed E-state index contributed by atoms with van der Waals surface area (Å²) in [6.07, 6.45) is 5.75. The number of hydrogen-bond donors (Lipinski definition) is 1. The molecule has 0 amide bonds. The number of fused-ring (bicyclic) bond motifs is 1. The van der Waals surface area contributed by atoms with Gasteiger partial charge in [0.05, 0.1) is 25.0 Å². The van der Waals surface area contributed by atoms with Crippen LogP contribution in [0, 0.1) is 11.7 Å². The fourth-order valence-corrected chi connectivity index (χ4v) is 4.43. The zero-order valence-corrected chi connectivity index (χ0v) is 19.2. The van der Waals surface area contributed by atoms with Crippen LogP contribution in [0.2, 0.25) is 5.02 Å². The maximum Gasteiger partial charge on any atom is 0.170 e. The summed E-state index contributed by atoms with van der Waals surface area (Å²) in [7, 11) is 2.15. The second-order valence-corrected chi connectivity index (χ2v) is 9.04. The molecule has 0 spiro atoms. The van der Waals surface area contributed by atoms with Crippen LogP contribution in [0.25, 0.3) is 22.4 Å². The Balaban J connectivity index is 1.47. The van der Waals surface area contributed by atoms with E-state index in [1.807, 2.05) is 12.1 Å². The fourth-order valence-electron chi connectivity index (χ4n) is 4.26. The summed E-state index contributed by atoms with van der Waals surface area (Å²) in [6, 6.07) is 8.22. The Bertz CT molecular complexity index is 1150. The predicted molar refractivity (Wildman–Crippen MR) is 128 cm³/mol. The van der Waals surface area contributed by atoms with Crippen LogP contribution in [-0.2, 0) is 0 Å². The van der Waals surface area contributed by atoms with E-state index in [0.29, 0.717) is 59.3 Å². The molecule has 1 saturated heterocycles. The van der Waals surface area contributed by atoms with Crippen LogP contribution in [0.1, 0.15) is 12.8 Å². The standard InChI is InChI=1S/C25H26ClFN4O2/c1-31-7-4-16(5-8-31)15-33-19-10-17(13-28-14-19)20-12-23(21-11-18(26)2-3-22(21)27)30-25-24(20)32-9-6-29-25/h2-3,10-14,16H,4-9,15H2,1H3,(H,29,30). The predicted octanol–water partition coefficient (Wildman–Crippen LogP) is 5.13. The molecule has 3 aromatic rings. The second-order valence-electron chi connectivity index (χ2n) is 8.60. The van der Waals surface area contributed by atoms with Crippen LogP contribution in [0.5, 0.6) is 11.5 Å². The Kier molecular flexibility index (Phi) is 6.33. The first-order chi connectivity index (χ1) is 16.1. The first-order valence-corrected chi connectivity index (χ1v) is 11.6. The molecule has 0 radical (unpaired) electrons. The minimum absolute atomic E-state index is 0.335. The van der Waals surface area contributed by atoms with Gasteiger partial charge in [0.15, 0.2) is 11.6 Å². The fraction of sp³-hybridized carbons (Fsp3) is 0.360. The van der Waals surface area contributed by atoms with Crippen LogP contribution in [-0.4, -0.2) is 54.8 Å². The van der Waals surface area contributed by atoms with E-state index in [4.69, 9.17) is 21.1 Å². The van der Waals surface area contributed by atoms with Gasteiger partial charge in [0.25, 0.3) is 0 Å². The average Bonchev–Trinajstić information content (AvgIpc) is 2.84. The number of benzene rings is 1. The zero-order chi connectivity index (χ0) is 22.8. The van der Waals surface area contributed by atoms with Crippen LogP contribution in [0.15, 0.2) is 42.7 Å². The number of nitrogens with one attached hydrogen (secondary N) is 1. The topological polar surface area (TPSA) is 59.5 Å². The number of hydrogen-bond acceptors (Lipinski definition) is 6. The molecule has 5 rings (SSSR count). The molecule has 6 nitrogen and oxygen atoms in total. The van der Waals surface area contributed by atoms with Gasteiger partial charge in [-0.2, -0.15) is 0 Å². The third kappa shape index (κ3) is 4.89. The Labute approximate surface area is 197 Å². The number of piperidine rings is 1. The number of likely N-dealkylation sites (tertiary alicyclic amines) is 1. The van der Waals surface area contributed by atoms with Crippen molar-refractivity contribution in [1.82, 2.24) is 14.9 Å². The third-order valence-corrected chi connectivity index (χ3v) is 6.40. The average molecular weight is 469 g/mol. The summed E-state index contributed by atoms with van der Waals surface area (Å²) in [5.41, 5.74) is 2.40. The molecule has 2 aliphatic rings. The van der Waals surface area contributed by atoms with Crippen molar-refractivity contribution >= 4 is 17.4 Å². The van der Waals surface area contributed by atoms with Crippen LogP contribution in [0.4, 0.5) is 10.2 Å². The van der Waals surface area contributed by atoms with Crippen LogP contribution < -0.4 is 14.8 Å². The summed E-state index contributed by atoms with van der Waals surface area (Å²) in [5, 5.41) is 3.70. The van der Waals surface area contributed by atoms with Crippen LogP contribution in [0.3, 0.4) is 0 Å². The number of anilines is 1. The molecule has 1 fully saturated rings. The van der Waals surface area contributed by atoms with Gasteiger partial charge in [0.1, 0.15) is 18.2 Å². The summed E-state index contributed by atoms with van der Waals surface area (Å²) >= 11 is 6.13. The molecule has 172 valence electrons. The summed E-state index contributed by atoms with van der Waals surface area (Å²) in [5.74, 6) is 2.06. The van der Waals surface area contributed by atoms with Crippen molar-refractivity contribution in [1.29, 1.82) is 0 Å². The molecule has 0 unspecified atom stereocenters. The smallest absolute Gasteiger partial charge is 0.170 e. The lowest BCUT2D eigenvalue weighted by molar-refractivity contribution is 0.160. The van der Waals surface area contributed by atoms with Gasteiger partial charge in [0.2, 0.25) is 0 Å². The highest BCUT2D eigenvalue weighted by Gasteiger charge is 2.22. The van der Waals surface area contributed by atoms with Crippen molar-refractivity contribution in [2.45, 2.75) is 12.8 Å². The Morgan fingerprint density at radius 3 is 2.88 bits per heavy atom. The van der Waals surface area contributed by atoms with Gasteiger partial charge in [-0.3, -0.25) is 4.98 Å². The highest BCUT2D eigenvalue weighted by Crippen LogP contribution is 2.41. The first kappa shape index (κ1) is 21.9. The van der Waals surface area contributed by atoms with Gasteiger partial charge in [0, 0.05) is 27.9 Å². The van der Waals surface area contributed by atoms with Gasteiger partial charge in [-0.1, -0.05) is 11.6 Å². The highest BCUT2D eigenvalue weighted by molar-refractivity contribution is 6.30. The third-order valence-electron chi connectivity index (χ3n) is 6.17. The summed E-state index contributed by atoms with van der Waals surface area (Å²) in [6.45, 7) is 4.01.